The summed E-state index contributed by atoms with van der Waals surface area (Å²) < 4.78 is 0. The van der Waals surface area contributed by atoms with Gasteiger partial charge in [-0.3, -0.25) is 0 Å². The fourth-order valence-corrected chi connectivity index (χ4v) is 3.63. The molecule has 1 heteroatoms. The van der Waals surface area contributed by atoms with E-state index in [-0.39, 0.29) is 0 Å². The van der Waals surface area contributed by atoms with Gasteiger partial charge in [0, 0.05) is 5.38 Å². The largest absolute Gasteiger partial charge is 0.123 e. The molecule has 0 N–H and O–H groups in total. The van der Waals surface area contributed by atoms with Crippen LogP contribution in [0.2, 0.25) is 0 Å². The highest BCUT2D eigenvalue weighted by molar-refractivity contribution is 6.20. The van der Waals surface area contributed by atoms with Crippen molar-refractivity contribution in [3.8, 4) is 0 Å². The Balaban J connectivity index is 1.90. The van der Waals surface area contributed by atoms with Gasteiger partial charge in [-0.2, -0.15) is 0 Å². The van der Waals surface area contributed by atoms with Crippen LogP contribution in [0.1, 0.15) is 96.8 Å². The number of halogens is 1. The van der Waals surface area contributed by atoms with E-state index in [0.29, 0.717) is 5.38 Å². The maximum atomic E-state index is 6.33. The number of rotatable bonds is 9. The average Bonchev–Trinajstić information content (AvgIpc) is 2.57. The van der Waals surface area contributed by atoms with Gasteiger partial charge < -0.3 is 0 Å². The first-order valence-corrected chi connectivity index (χ1v) is 8.90. The van der Waals surface area contributed by atoms with Gasteiger partial charge in [0.15, 0.2) is 0 Å². The Morgan fingerprint density at radius 3 is 2.17 bits per heavy atom. The van der Waals surface area contributed by atoms with E-state index in [1.165, 1.54) is 89.9 Å². The normalized spacial score (nSPS) is 25.0. The molecule has 0 nitrogen and oxygen atoms in total. The van der Waals surface area contributed by atoms with E-state index in [1.807, 2.05) is 0 Å². The van der Waals surface area contributed by atoms with Gasteiger partial charge >= 0.3 is 0 Å². The molecular weight excluding hydrogens is 240 g/mol. The van der Waals surface area contributed by atoms with Gasteiger partial charge in [0.05, 0.1) is 0 Å². The van der Waals surface area contributed by atoms with Crippen LogP contribution in [-0.2, 0) is 0 Å². The number of alkyl halides is 1. The maximum Gasteiger partial charge on any atom is 0.0338 e. The Morgan fingerprint density at radius 1 is 0.833 bits per heavy atom. The Bertz CT molecular complexity index is 178. The predicted octanol–water partition coefficient (Wildman–Crippen LogP) is 6.70. The van der Waals surface area contributed by atoms with Crippen molar-refractivity contribution >= 4 is 11.6 Å². The van der Waals surface area contributed by atoms with Crippen molar-refractivity contribution in [2.75, 3.05) is 0 Å². The first-order valence-electron chi connectivity index (χ1n) is 8.47. The summed E-state index contributed by atoms with van der Waals surface area (Å²) in [6.07, 6.45) is 19.7. The Labute approximate surface area is 120 Å². The zero-order valence-corrected chi connectivity index (χ0v) is 13.2. The fourth-order valence-electron chi connectivity index (χ4n) is 3.23. The van der Waals surface area contributed by atoms with Gasteiger partial charge in [-0.15, -0.1) is 11.6 Å². The molecule has 1 rings (SSSR count). The van der Waals surface area contributed by atoms with Crippen LogP contribution in [0.5, 0.6) is 0 Å². The SMILES string of the molecule is CCCCCCCCCCC1CCCCC(Cl)C1. The second-order valence-electron chi connectivity index (χ2n) is 6.25. The molecule has 0 bridgehead atoms. The van der Waals surface area contributed by atoms with Crippen LogP contribution >= 0.6 is 11.6 Å². The lowest BCUT2D eigenvalue weighted by Gasteiger charge is -2.15. The van der Waals surface area contributed by atoms with Crippen LogP contribution in [0, 0.1) is 5.92 Å². The molecular formula is C17H33Cl. The highest BCUT2D eigenvalue weighted by Crippen LogP contribution is 2.30. The summed E-state index contributed by atoms with van der Waals surface area (Å²) in [4.78, 5) is 0. The Hall–Kier alpha value is 0.290. The molecule has 108 valence electrons. The van der Waals surface area contributed by atoms with E-state index in [9.17, 15) is 0 Å². The summed E-state index contributed by atoms with van der Waals surface area (Å²) >= 11 is 6.33. The minimum absolute atomic E-state index is 0.478. The van der Waals surface area contributed by atoms with Crippen molar-refractivity contribution in [1.82, 2.24) is 0 Å². The van der Waals surface area contributed by atoms with Crippen molar-refractivity contribution in [3.05, 3.63) is 0 Å². The molecule has 0 aliphatic heterocycles. The lowest BCUT2D eigenvalue weighted by atomic mass is 9.93. The van der Waals surface area contributed by atoms with Gasteiger partial charge in [0.25, 0.3) is 0 Å². The van der Waals surface area contributed by atoms with Gasteiger partial charge in [-0.1, -0.05) is 84.0 Å². The van der Waals surface area contributed by atoms with E-state index >= 15 is 0 Å². The number of unbranched alkanes of at least 4 members (excludes halogenated alkanes) is 7. The van der Waals surface area contributed by atoms with Crippen molar-refractivity contribution < 1.29 is 0 Å². The lowest BCUT2D eigenvalue weighted by molar-refractivity contribution is 0.406. The third kappa shape index (κ3) is 8.40. The summed E-state index contributed by atoms with van der Waals surface area (Å²) in [5.74, 6) is 0.940. The van der Waals surface area contributed by atoms with Crippen LogP contribution < -0.4 is 0 Å². The molecule has 1 fully saturated rings. The quantitative estimate of drug-likeness (QED) is 0.249. The van der Waals surface area contributed by atoms with Crippen LogP contribution in [0.15, 0.2) is 0 Å². The molecule has 0 amide bonds. The molecule has 0 radical (unpaired) electrons. The van der Waals surface area contributed by atoms with E-state index in [4.69, 9.17) is 11.6 Å². The molecule has 0 spiro atoms. The van der Waals surface area contributed by atoms with Crippen molar-refractivity contribution in [2.45, 2.75) is 102 Å². The van der Waals surface area contributed by atoms with Gasteiger partial charge in [-0.25, -0.2) is 0 Å². The highest BCUT2D eigenvalue weighted by atomic mass is 35.5. The molecule has 0 saturated heterocycles. The Morgan fingerprint density at radius 2 is 1.44 bits per heavy atom. The molecule has 0 aromatic heterocycles. The van der Waals surface area contributed by atoms with Crippen LogP contribution in [0.4, 0.5) is 0 Å². The summed E-state index contributed by atoms with van der Waals surface area (Å²) in [5.41, 5.74) is 0. The number of hydrogen-bond donors (Lipinski definition) is 0. The van der Waals surface area contributed by atoms with E-state index < -0.39 is 0 Å². The van der Waals surface area contributed by atoms with Crippen molar-refractivity contribution in [1.29, 1.82) is 0 Å². The van der Waals surface area contributed by atoms with Crippen LogP contribution in [0.25, 0.3) is 0 Å². The van der Waals surface area contributed by atoms with Crippen molar-refractivity contribution in [2.24, 2.45) is 5.92 Å². The highest BCUT2D eigenvalue weighted by Gasteiger charge is 2.17. The zero-order valence-electron chi connectivity index (χ0n) is 12.4. The summed E-state index contributed by atoms with van der Waals surface area (Å²) in [6, 6.07) is 0. The zero-order chi connectivity index (χ0) is 13.1. The van der Waals surface area contributed by atoms with Crippen LogP contribution in [-0.4, -0.2) is 5.38 Å². The van der Waals surface area contributed by atoms with E-state index in [2.05, 4.69) is 6.92 Å². The third-order valence-corrected chi connectivity index (χ3v) is 4.83. The lowest BCUT2D eigenvalue weighted by Crippen LogP contribution is -2.05. The second kappa shape index (κ2) is 11.1. The monoisotopic (exact) mass is 272 g/mol. The molecule has 2 atom stereocenters. The molecule has 1 saturated carbocycles. The van der Waals surface area contributed by atoms with E-state index in [0.717, 1.165) is 5.92 Å². The van der Waals surface area contributed by atoms with Gasteiger partial charge in [-0.05, 0) is 18.8 Å². The smallest absolute Gasteiger partial charge is 0.0338 e. The summed E-state index contributed by atoms with van der Waals surface area (Å²) in [5, 5.41) is 0.478. The minimum atomic E-state index is 0.478. The summed E-state index contributed by atoms with van der Waals surface area (Å²) in [6.45, 7) is 2.29. The number of hydrogen-bond acceptors (Lipinski definition) is 0. The maximum absolute atomic E-state index is 6.33. The molecule has 2 unspecified atom stereocenters. The molecule has 0 aromatic carbocycles. The standard InChI is InChI=1S/C17H33Cl/c1-2-3-4-5-6-7-8-9-12-16-13-10-11-14-17(18)15-16/h16-17H,2-15H2,1H3. The first kappa shape index (κ1) is 16.3. The van der Waals surface area contributed by atoms with Crippen LogP contribution in [0.3, 0.4) is 0 Å². The minimum Gasteiger partial charge on any atom is -0.123 e. The van der Waals surface area contributed by atoms with E-state index in [1.54, 1.807) is 0 Å². The molecule has 1 aliphatic rings. The topological polar surface area (TPSA) is 0 Å². The van der Waals surface area contributed by atoms with Gasteiger partial charge in [0.2, 0.25) is 0 Å². The molecule has 0 heterocycles. The Kier molecular flexibility index (Phi) is 10.1. The van der Waals surface area contributed by atoms with Crippen molar-refractivity contribution in [3.63, 3.8) is 0 Å². The summed E-state index contributed by atoms with van der Waals surface area (Å²) in [7, 11) is 0. The second-order valence-corrected chi connectivity index (χ2v) is 6.86. The average molecular weight is 273 g/mol. The first-order chi connectivity index (χ1) is 8.83. The van der Waals surface area contributed by atoms with Gasteiger partial charge in [0.1, 0.15) is 0 Å². The predicted molar refractivity (Wildman–Crippen MR) is 83.4 cm³/mol. The molecule has 18 heavy (non-hydrogen) atoms. The third-order valence-electron chi connectivity index (χ3n) is 4.43. The fraction of sp³-hybridized carbons (Fsp3) is 1.00. The molecule has 1 aliphatic carbocycles. The molecule has 0 aromatic rings.